The van der Waals surface area contributed by atoms with E-state index in [1.54, 1.807) is 0 Å². The van der Waals surface area contributed by atoms with Crippen LogP contribution in [0.5, 0.6) is 11.5 Å². The Bertz CT molecular complexity index is 1050. The lowest BCUT2D eigenvalue weighted by Gasteiger charge is -2.27. The van der Waals surface area contributed by atoms with Crippen LogP contribution < -0.4 is 9.47 Å². The number of halogens is 2. The first-order valence-electron chi connectivity index (χ1n) is 18.6. The van der Waals surface area contributed by atoms with Crippen molar-refractivity contribution in [3.8, 4) is 11.5 Å². The van der Waals surface area contributed by atoms with Gasteiger partial charge < -0.3 is 19.3 Å². The molecular formula is C40H62Cl2N2O4. The molecule has 2 saturated heterocycles. The van der Waals surface area contributed by atoms with E-state index in [1.807, 2.05) is 48.5 Å². The number of carbonyl (C=O) groups is 2. The molecule has 0 radical (unpaired) electrons. The molecule has 0 spiro atoms. The molecule has 2 aromatic carbocycles. The van der Waals surface area contributed by atoms with E-state index < -0.39 is 0 Å². The average Bonchev–Trinajstić information content (AvgIpc) is 3.52. The summed E-state index contributed by atoms with van der Waals surface area (Å²) in [7, 11) is 0. The molecule has 2 aromatic rings. The molecule has 0 N–H and O–H groups in total. The maximum atomic E-state index is 13.9. The summed E-state index contributed by atoms with van der Waals surface area (Å²) in [5, 5.41) is 0. The van der Waals surface area contributed by atoms with Crippen molar-refractivity contribution in [3.05, 3.63) is 59.7 Å². The Kier molecular flexibility index (Phi) is 21.1. The second-order valence-corrected chi connectivity index (χ2v) is 13.6. The number of ketones is 2. The molecule has 0 bridgehead atoms. The van der Waals surface area contributed by atoms with Crippen LogP contribution in [0.25, 0.3) is 0 Å². The zero-order chi connectivity index (χ0) is 32.4. The normalized spacial score (nSPS) is 17.1. The average molecular weight is 706 g/mol. The molecule has 48 heavy (non-hydrogen) atoms. The van der Waals surface area contributed by atoms with Crippen molar-refractivity contribution in [2.45, 2.75) is 104 Å². The summed E-state index contributed by atoms with van der Waals surface area (Å²) in [6.45, 7) is 11.6. The maximum Gasteiger partial charge on any atom is 0.167 e. The van der Waals surface area contributed by atoms with Gasteiger partial charge in [0.15, 0.2) is 11.6 Å². The van der Waals surface area contributed by atoms with Gasteiger partial charge in [-0.15, -0.1) is 24.8 Å². The van der Waals surface area contributed by atoms with Gasteiger partial charge in [-0.3, -0.25) is 9.59 Å². The van der Waals surface area contributed by atoms with Crippen LogP contribution in [-0.4, -0.2) is 73.8 Å². The number of ether oxygens (including phenoxy) is 2. The Hall–Kier alpha value is -2.12. The molecule has 0 saturated carbocycles. The highest BCUT2D eigenvalue weighted by atomic mass is 35.5. The molecule has 2 aliphatic heterocycles. The highest BCUT2D eigenvalue weighted by Gasteiger charge is 2.26. The van der Waals surface area contributed by atoms with E-state index in [-0.39, 0.29) is 48.2 Å². The van der Waals surface area contributed by atoms with Gasteiger partial charge in [0.25, 0.3) is 0 Å². The quantitative estimate of drug-likeness (QED) is 0.107. The van der Waals surface area contributed by atoms with Crippen molar-refractivity contribution < 1.29 is 19.1 Å². The van der Waals surface area contributed by atoms with Crippen LogP contribution in [-0.2, 0) is 0 Å². The zero-order valence-corrected chi connectivity index (χ0v) is 31.3. The molecule has 2 aliphatic rings. The predicted molar refractivity (Wildman–Crippen MR) is 203 cm³/mol. The Morgan fingerprint density at radius 2 is 0.896 bits per heavy atom. The fraction of sp³-hybridized carbons (Fsp3) is 0.650. The number of nitrogens with zero attached hydrogens (tertiary/aromatic N) is 2. The topological polar surface area (TPSA) is 59.1 Å². The molecule has 2 heterocycles. The van der Waals surface area contributed by atoms with Crippen LogP contribution in [0.15, 0.2) is 48.5 Å². The third-order valence-corrected chi connectivity index (χ3v) is 9.67. The van der Waals surface area contributed by atoms with Gasteiger partial charge in [0.2, 0.25) is 0 Å². The van der Waals surface area contributed by atoms with Crippen LogP contribution >= 0.6 is 24.8 Å². The number of rotatable bonds is 19. The lowest BCUT2D eigenvalue weighted by Crippen LogP contribution is -2.35. The van der Waals surface area contributed by atoms with Gasteiger partial charge in [-0.05, 0) is 126 Å². The van der Waals surface area contributed by atoms with Crippen LogP contribution in [0.4, 0.5) is 0 Å². The number of hydrogen-bond donors (Lipinski definition) is 0. The summed E-state index contributed by atoms with van der Waals surface area (Å²) >= 11 is 0. The Balaban J connectivity index is 0.00000400. The number of Topliss-reactive ketones (excluding diaryl/α,β-unsaturated/α-hetero) is 2. The molecule has 4 rings (SSSR count). The van der Waals surface area contributed by atoms with E-state index in [2.05, 4.69) is 23.6 Å². The van der Waals surface area contributed by atoms with Crippen molar-refractivity contribution in [2.75, 3.05) is 52.5 Å². The molecule has 0 aromatic heterocycles. The third kappa shape index (κ3) is 14.4. The monoisotopic (exact) mass is 704 g/mol. The zero-order valence-electron chi connectivity index (χ0n) is 29.7. The summed E-state index contributed by atoms with van der Waals surface area (Å²) < 4.78 is 11.5. The Morgan fingerprint density at radius 3 is 1.21 bits per heavy atom. The Morgan fingerprint density at radius 1 is 0.562 bits per heavy atom. The van der Waals surface area contributed by atoms with Gasteiger partial charge in [-0.25, -0.2) is 0 Å². The first-order chi connectivity index (χ1) is 22.6. The number of unbranched alkanes of at least 4 members (excludes halogenated alkanes) is 1. The van der Waals surface area contributed by atoms with Gasteiger partial charge in [-0.1, -0.05) is 52.4 Å². The van der Waals surface area contributed by atoms with E-state index in [4.69, 9.17) is 9.47 Å². The molecule has 270 valence electrons. The summed E-state index contributed by atoms with van der Waals surface area (Å²) in [5.74, 6) is 2.08. The van der Waals surface area contributed by atoms with E-state index in [9.17, 15) is 9.59 Å². The SMILES string of the molecule is CCCOc1ccc(C(=O)C(CCCCC(CN2CCCCCC2)C(=O)c2ccc(OCCC)cc2)CN2CCCCCC2)cc1.Cl.Cl. The Labute approximate surface area is 303 Å². The fourth-order valence-electron chi connectivity index (χ4n) is 6.99. The largest absolute Gasteiger partial charge is 0.494 e. The highest BCUT2D eigenvalue weighted by molar-refractivity contribution is 5.98. The van der Waals surface area contributed by atoms with Gasteiger partial charge in [-0.2, -0.15) is 0 Å². The molecule has 0 amide bonds. The van der Waals surface area contributed by atoms with Gasteiger partial charge in [0.05, 0.1) is 13.2 Å². The standard InChI is InChI=1S/C40H60N2O4.2ClH/c1-3-29-45-37-21-17-33(18-22-37)39(43)35(31-41-25-11-5-6-12-26-41)15-9-10-16-36(32-42-27-13-7-8-14-28-42)40(44)34-19-23-38(24-20-34)46-30-4-2;;/h17-24,35-36H,3-16,25-32H2,1-2H3;2*1H. The van der Waals surface area contributed by atoms with Crippen LogP contribution in [0, 0.1) is 11.8 Å². The van der Waals surface area contributed by atoms with Crippen molar-refractivity contribution in [3.63, 3.8) is 0 Å². The van der Waals surface area contributed by atoms with Crippen molar-refractivity contribution >= 4 is 36.4 Å². The molecule has 6 nitrogen and oxygen atoms in total. The second-order valence-electron chi connectivity index (χ2n) is 13.6. The minimum absolute atomic E-state index is 0. The van der Waals surface area contributed by atoms with Crippen LogP contribution in [0.3, 0.4) is 0 Å². The molecule has 0 aliphatic carbocycles. The molecule has 2 unspecified atom stereocenters. The number of likely N-dealkylation sites (tertiary alicyclic amines) is 2. The third-order valence-electron chi connectivity index (χ3n) is 9.67. The van der Waals surface area contributed by atoms with E-state index in [1.165, 1.54) is 51.4 Å². The fourth-order valence-corrected chi connectivity index (χ4v) is 6.99. The van der Waals surface area contributed by atoms with Crippen LogP contribution in [0.1, 0.15) is 124 Å². The summed E-state index contributed by atoms with van der Waals surface area (Å²) in [6, 6.07) is 15.5. The first kappa shape index (κ1) is 42.0. The minimum Gasteiger partial charge on any atom is -0.494 e. The molecular weight excluding hydrogens is 643 g/mol. The lowest BCUT2D eigenvalue weighted by molar-refractivity contribution is 0.0848. The second kappa shape index (κ2) is 24.1. The smallest absolute Gasteiger partial charge is 0.167 e. The lowest BCUT2D eigenvalue weighted by atomic mass is 9.88. The maximum absolute atomic E-state index is 13.9. The predicted octanol–water partition coefficient (Wildman–Crippen LogP) is 9.72. The van der Waals surface area contributed by atoms with E-state index in [0.717, 1.165) is 100 Å². The number of hydrogen-bond acceptors (Lipinski definition) is 6. The molecule has 8 heteroatoms. The minimum atomic E-state index is -0.0315. The highest BCUT2D eigenvalue weighted by Crippen LogP contribution is 2.25. The molecule has 2 atom stereocenters. The van der Waals surface area contributed by atoms with Crippen molar-refractivity contribution in [1.82, 2.24) is 9.80 Å². The van der Waals surface area contributed by atoms with E-state index in [0.29, 0.717) is 13.2 Å². The summed E-state index contributed by atoms with van der Waals surface area (Å²) in [6.07, 6.45) is 15.6. The van der Waals surface area contributed by atoms with Crippen molar-refractivity contribution in [1.29, 1.82) is 0 Å². The van der Waals surface area contributed by atoms with Gasteiger partial charge >= 0.3 is 0 Å². The van der Waals surface area contributed by atoms with Crippen LogP contribution in [0.2, 0.25) is 0 Å². The van der Waals surface area contributed by atoms with E-state index >= 15 is 0 Å². The number of carbonyl (C=O) groups excluding carboxylic acids is 2. The van der Waals surface area contributed by atoms with Crippen molar-refractivity contribution in [2.24, 2.45) is 11.8 Å². The number of benzene rings is 2. The van der Waals surface area contributed by atoms with Gasteiger partial charge in [0, 0.05) is 36.1 Å². The molecule has 2 fully saturated rings. The summed E-state index contributed by atoms with van der Waals surface area (Å²) in [4.78, 5) is 32.8. The van der Waals surface area contributed by atoms with Gasteiger partial charge in [0.1, 0.15) is 11.5 Å². The first-order valence-corrected chi connectivity index (χ1v) is 18.6. The summed E-state index contributed by atoms with van der Waals surface area (Å²) in [5.41, 5.74) is 1.56.